The van der Waals surface area contributed by atoms with Crippen LogP contribution in [0.1, 0.15) is 349 Å². The fourth-order valence-corrected chi connectivity index (χ4v) is 12.3. The van der Waals surface area contributed by atoms with Gasteiger partial charge in [0, 0.05) is 25.7 Å². The quantitative estimate of drug-likeness (QED) is 0.0169. The number of aliphatic hydroxyl groups excluding tert-OH is 1. The minimum Gasteiger partial charge on any atom is -0.462 e. The second-order valence-electron chi connectivity index (χ2n) is 26.3. The Morgan fingerprint density at radius 3 is 0.867 bits per heavy atom. The van der Waals surface area contributed by atoms with E-state index in [-0.39, 0.29) is 25.7 Å². The Labute approximate surface area is 596 Å². The molecule has 0 heterocycles. The number of allylic oxidation sites excluding steroid dienone is 12. The summed E-state index contributed by atoms with van der Waals surface area (Å²) >= 11 is 0. The van der Waals surface area contributed by atoms with Crippen LogP contribution in [0, 0.1) is 0 Å². The summed E-state index contributed by atoms with van der Waals surface area (Å²) in [6.07, 6.45) is 71.8. The van der Waals surface area contributed by atoms with Gasteiger partial charge in [-0.1, -0.05) is 306 Å². The van der Waals surface area contributed by atoms with Crippen LogP contribution in [0.2, 0.25) is 0 Å². The van der Waals surface area contributed by atoms with Gasteiger partial charge in [0.25, 0.3) is 0 Å². The molecular formula is C79H142O17P2. The summed E-state index contributed by atoms with van der Waals surface area (Å²) in [7, 11) is -9.95. The van der Waals surface area contributed by atoms with Crippen molar-refractivity contribution in [3.8, 4) is 0 Å². The molecule has 0 amide bonds. The zero-order valence-electron chi connectivity index (χ0n) is 62.2. The Kier molecular flexibility index (Phi) is 69.3. The first-order valence-corrected chi connectivity index (χ1v) is 42.2. The molecule has 0 aliphatic carbocycles. The van der Waals surface area contributed by atoms with Crippen LogP contribution in [0.5, 0.6) is 0 Å². The van der Waals surface area contributed by atoms with E-state index < -0.39 is 97.5 Å². The predicted molar refractivity (Wildman–Crippen MR) is 400 cm³/mol. The number of hydrogen-bond donors (Lipinski definition) is 3. The topological polar surface area (TPSA) is 237 Å². The maximum atomic E-state index is 13.1. The lowest BCUT2D eigenvalue weighted by atomic mass is 10.0. The number of carbonyl (C=O) groups is 4. The van der Waals surface area contributed by atoms with Crippen LogP contribution < -0.4 is 0 Å². The molecule has 17 nitrogen and oxygen atoms in total. The fourth-order valence-electron chi connectivity index (χ4n) is 10.7. The monoisotopic (exact) mass is 1420 g/mol. The lowest BCUT2D eigenvalue weighted by Crippen LogP contribution is -2.30. The second kappa shape index (κ2) is 71.9. The van der Waals surface area contributed by atoms with Gasteiger partial charge in [-0.05, 0) is 89.9 Å². The molecule has 0 bridgehead atoms. The van der Waals surface area contributed by atoms with Crippen molar-refractivity contribution in [1.29, 1.82) is 0 Å². The summed E-state index contributed by atoms with van der Waals surface area (Å²) in [5.41, 5.74) is 0. The van der Waals surface area contributed by atoms with E-state index in [0.717, 1.165) is 122 Å². The van der Waals surface area contributed by atoms with Crippen molar-refractivity contribution in [3.05, 3.63) is 72.9 Å². The molecule has 98 heavy (non-hydrogen) atoms. The lowest BCUT2D eigenvalue weighted by molar-refractivity contribution is -0.161. The molecule has 5 atom stereocenters. The van der Waals surface area contributed by atoms with Gasteiger partial charge in [-0.15, -0.1) is 0 Å². The van der Waals surface area contributed by atoms with Crippen molar-refractivity contribution in [2.45, 2.75) is 367 Å². The summed E-state index contributed by atoms with van der Waals surface area (Å²) in [6.45, 7) is 4.73. The Bertz CT molecular complexity index is 2140. The van der Waals surface area contributed by atoms with Crippen LogP contribution in [0.3, 0.4) is 0 Å². The van der Waals surface area contributed by atoms with E-state index in [1.807, 2.05) is 12.2 Å². The van der Waals surface area contributed by atoms with Gasteiger partial charge < -0.3 is 33.8 Å². The number of esters is 4. The average Bonchev–Trinajstić information content (AvgIpc) is 0.986. The van der Waals surface area contributed by atoms with Crippen molar-refractivity contribution in [2.24, 2.45) is 0 Å². The van der Waals surface area contributed by atoms with Crippen LogP contribution in [0.15, 0.2) is 72.9 Å². The van der Waals surface area contributed by atoms with Gasteiger partial charge in [0.15, 0.2) is 12.2 Å². The van der Waals surface area contributed by atoms with Gasteiger partial charge >= 0.3 is 39.5 Å². The zero-order valence-corrected chi connectivity index (χ0v) is 64.0. The summed E-state index contributed by atoms with van der Waals surface area (Å²) in [5.74, 6) is -2.22. The smallest absolute Gasteiger partial charge is 0.462 e. The number of phosphoric acid groups is 2. The first-order chi connectivity index (χ1) is 47.7. The highest BCUT2D eigenvalue weighted by molar-refractivity contribution is 7.47. The van der Waals surface area contributed by atoms with E-state index in [1.54, 1.807) is 0 Å². The maximum absolute atomic E-state index is 13.1. The molecule has 0 aliphatic rings. The van der Waals surface area contributed by atoms with Gasteiger partial charge in [0.2, 0.25) is 0 Å². The van der Waals surface area contributed by atoms with Gasteiger partial charge in [-0.25, -0.2) is 9.13 Å². The minimum absolute atomic E-state index is 0.0867. The molecule has 0 aromatic carbocycles. The molecule has 19 heteroatoms. The Morgan fingerprint density at radius 1 is 0.296 bits per heavy atom. The van der Waals surface area contributed by atoms with E-state index in [9.17, 15) is 43.2 Å². The molecule has 0 rings (SSSR count). The highest BCUT2D eigenvalue weighted by Gasteiger charge is 2.30. The molecule has 0 aliphatic heterocycles. The molecule has 0 aromatic rings. The molecule has 3 N–H and O–H groups in total. The third kappa shape index (κ3) is 70.9. The van der Waals surface area contributed by atoms with Crippen LogP contribution in [-0.2, 0) is 65.4 Å². The summed E-state index contributed by atoms with van der Waals surface area (Å²) in [5, 5.41) is 10.6. The second-order valence-corrected chi connectivity index (χ2v) is 29.2. The lowest BCUT2D eigenvalue weighted by Gasteiger charge is -2.21. The van der Waals surface area contributed by atoms with Gasteiger partial charge in [-0.3, -0.25) is 37.3 Å². The number of carbonyl (C=O) groups excluding carboxylic acids is 4. The summed E-state index contributed by atoms with van der Waals surface area (Å²) < 4.78 is 68.5. The highest BCUT2D eigenvalue weighted by atomic mass is 31.2. The molecule has 0 saturated heterocycles. The largest absolute Gasteiger partial charge is 0.472 e. The van der Waals surface area contributed by atoms with Crippen molar-refractivity contribution in [2.75, 3.05) is 39.6 Å². The first-order valence-electron chi connectivity index (χ1n) is 39.2. The zero-order chi connectivity index (χ0) is 71.8. The van der Waals surface area contributed by atoms with Gasteiger partial charge in [-0.2, -0.15) is 0 Å². The number of phosphoric ester groups is 2. The standard InChI is InChI=1S/C79H142O17P2/c1-5-9-13-17-21-25-29-32-35-36-39-41-45-48-52-56-60-64-77(82)89-69-74(95-78(83)65-61-57-53-49-43-28-24-20-16-12-8-4)71-93-97(85,86)91-67-73(80)68-92-98(87,88)94-72-75(96-79(84)66-62-58-54-50-46-42-38-34-31-27-23-19-15-11-7-3)70-90-76(81)63-59-55-51-47-44-40-37-33-30-26-22-18-14-10-6-2/h9,13,21,25,32-33,35,37,39,41,48,52,73-75,80H,5-8,10-12,14-20,22-24,26-31,34,36,38,40,42-47,49-51,53-72H2,1-4H3,(H,85,86)(H,87,88)/b13-9-,25-21-,35-32-,37-33-,41-39-,52-48-. The minimum atomic E-state index is -4.98. The molecule has 0 fully saturated rings. The van der Waals surface area contributed by atoms with Crippen molar-refractivity contribution >= 4 is 39.5 Å². The predicted octanol–water partition coefficient (Wildman–Crippen LogP) is 22.4. The Hall–Kier alpha value is -3.50. The Morgan fingerprint density at radius 2 is 0.541 bits per heavy atom. The van der Waals surface area contributed by atoms with E-state index in [2.05, 4.69) is 88.5 Å². The highest BCUT2D eigenvalue weighted by Crippen LogP contribution is 2.45. The summed E-state index contributed by atoms with van der Waals surface area (Å²) in [6, 6.07) is 0. The normalized spacial score (nSPS) is 14.3. The first kappa shape index (κ1) is 94.5. The van der Waals surface area contributed by atoms with Crippen LogP contribution in [0.4, 0.5) is 0 Å². The molecule has 0 radical (unpaired) electrons. The summed E-state index contributed by atoms with van der Waals surface area (Å²) in [4.78, 5) is 72.8. The number of unbranched alkanes of at least 4 members (excludes halogenated alkanes) is 36. The number of ether oxygens (including phenoxy) is 4. The van der Waals surface area contributed by atoms with Gasteiger partial charge in [0.1, 0.15) is 19.3 Å². The fraction of sp³-hybridized carbons (Fsp3) is 0.797. The molecule has 0 spiro atoms. The van der Waals surface area contributed by atoms with Crippen LogP contribution in [0.25, 0.3) is 0 Å². The van der Waals surface area contributed by atoms with Crippen molar-refractivity contribution < 1.29 is 80.2 Å². The molecule has 570 valence electrons. The average molecular weight is 1430 g/mol. The van der Waals surface area contributed by atoms with Crippen LogP contribution >= 0.6 is 15.6 Å². The molecule has 0 aromatic heterocycles. The third-order valence-corrected chi connectivity index (χ3v) is 18.6. The van der Waals surface area contributed by atoms with Crippen LogP contribution in [-0.4, -0.2) is 96.7 Å². The third-order valence-electron chi connectivity index (χ3n) is 16.7. The molecule has 5 unspecified atom stereocenters. The van der Waals surface area contributed by atoms with E-state index in [0.29, 0.717) is 32.1 Å². The Balaban J connectivity index is 5.34. The molecular weight excluding hydrogens is 1280 g/mol. The SMILES string of the molecule is CC/C=C\C/C=C\C/C=C\C/C=C\C/C=C\CCCC(=O)OCC(COP(=O)(O)OCC(O)COP(=O)(O)OCC(COC(=O)CCCCCCC/C=C\CCCCCCCC)OC(=O)CCCCCCCCCCCCCCCCC)OC(=O)CCCCCCCCCCCCC. The molecule has 0 saturated carbocycles. The van der Waals surface area contributed by atoms with E-state index >= 15 is 0 Å². The van der Waals surface area contributed by atoms with Gasteiger partial charge in [0.05, 0.1) is 26.4 Å². The van der Waals surface area contributed by atoms with E-state index in [4.69, 9.17) is 37.0 Å². The van der Waals surface area contributed by atoms with E-state index in [1.165, 1.54) is 141 Å². The maximum Gasteiger partial charge on any atom is 0.472 e. The number of hydrogen-bond acceptors (Lipinski definition) is 15. The van der Waals surface area contributed by atoms with Crippen molar-refractivity contribution in [3.63, 3.8) is 0 Å². The number of rotatable bonds is 74. The number of aliphatic hydroxyl groups is 1. The van der Waals surface area contributed by atoms with Crippen molar-refractivity contribution in [1.82, 2.24) is 0 Å².